The van der Waals surface area contributed by atoms with Crippen molar-refractivity contribution in [2.75, 3.05) is 32.7 Å². The van der Waals surface area contributed by atoms with Crippen molar-refractivity contribution in [1.82, 2.24) is 10.2 Å². The molecule has 94 valence electrons. The van der Waals surface area contributed by atoms with Crippen molar-refractivity contribution in [2.24, 2.45) is 0 Å². The molecule has 0 spiro atoms. The van der Waals surface area contributed by atoms with Crippen LogP contribution in [0.5, 0.6) is 0 Å². The number of hydrogen-bond donors (Lipinski definition) is 1. The summed E-state index contributed by atoms with van der Waals surface area (Å²) >= 11 is 5.77. The molecule has 0 saturated carbocycles. The maximum atomic E-state index is 13.5. The van der Waals surface area contributed by atoms with Gasteiger partial charge in [0.25, 0.3) is 0 Å². The number of rotatable bonds is 3. The van der Waals surface area contributed by atoms with E-state index in [-0.39, 0.29) is 10.6 Å². The van der Waals surface area contributed by atoms with E-state index in [9.17, 15) is 8.78 Å². The summed E-state index contributed by atoms with van der Waals surface area (Å²) in [6.07, 6.45) is 0.447. The quantitative estimate of drug-likeness (QED) is 0.837. The van der Waals surface area contributed by atoms with Crippen LogP contribution in [0.4, 0.5) is 8.78 Å². The molecular weight excluding hydrogens is 246 g/mol. The lowest BCUT2D eigenvalue weighted by molar-refractivity contribution is 0.243. The van der Waals surface area contributed by atoms with Crippen molar-refractivity contribution in [3.63, 3.8) is 0 Å². The van der Waals surface area contributed by atoms with Crippen LogP contribution in [-0.2, 0) is 6.42 Å². The predicted molar refractivity (Wildman–Crippen MR) is 64.4 cm³/mol. The molecule has 1 aromatic rings. The minimum atomic E-state index is -0.552. The van der Waals surface area contributed by atoms with Gasteiger partial charge in [0, 0.05) is 38.3 Å². The topological polar surface area (TPSA) is 15.3 Å². The summed E-state index contributed by atoms with van der Waals surface area (Å²) in [5, 5.41) is 3.16. The van der Waals surface area contributed by atoms with Crippen molar-refractivity contribution in [3.05, 3.63) is 34.4 Å². The van der Waals surface area contributed by atoms with Gasteiger partial charge in [-0.2, -0.15) is 0 Å². The van der Waals surface area contributed by atoms with E-state index in [4.69, 9.17) is 11.6 Å². The Bertz CT molecular complexity index is 392. The Labute approximate surface area is 105 Å². The molecule has 17 heavy (non-hydrogen) atoms. The molecule has 0 aromatic heterocycles. The lowest BCUT2D eigenvalue weighted by atomic mass is 10.1. The smallest absolute Gasteiger partial charge is 0.142 e. The average Bonchev–Trinajstić information content (AvgIpc) is 2.35. The zero-order chi connectivity index (χ0) is 12.3. The van der Waals surface area contributed by atoms with Gasteiger partial charge < -0.3 is 10.2 Å². The molecule has 0 unspecified atom stereocenters. The lowest BCUT2D eigenvalue weighted by Gasteiger charge is -2.27. The SMILES string of the molecule is Fc1ccc(F)c(CCN2CCNCC2)c1Cl. The lowest BCUT2D eigenvalue weighted by Crippen LogP contribution is -2.44. The minimum Gasteiger partial charge on any atom is -0.314 e. The minimum absolute atomic E-state index is 0.0832. The third-order valence-electron chi connectivity index (χ3n) is 3.03. The van der Waals surface area contributed by atoms with Gasteiger partial charge in [-0.05, 0) is 18.6 Å². The van der Waals surface area contributed by atoms with Gasteiger partial charge in [0.05, 0.1) is 5.02 Å². The summed E-state index contributed by atoms with van der Waals surface area (Å²) in [6.45, 7) is 4.48. The molecule has 1 aliphatic heterocycles. The first-order valence-electron chi connectivity index (χ1n) is 5.74. The molecule has 0 amide bonds. The largest absolute Gasteiger partial charge is 0.314 e. The van der Waals surface area contributed by atoms with Crippen molar-refractivity contribution in [2.45, 2.75) is 6.42 Å². The van der Waals surface area contributed by atoms with Crippen LogP contribution in [0, 0.1) is 11.6 Å². The molecule has 1 heterocycles. The van der Waals surface area contributed by atoms with Gasteiger partial charge in [0.2, 0.25) is 0 Å². The van der Waals surface area contributed by atoms with Crippen LogP contribution in [-0.4, -0.2) is 37.6 Å². The average molecular weight is 261 g/mol. The first-order valence-corrected chi connectivity index (χ1v) is 6.11. The van der Waals surface area contributed by atoms with E-state index >= 15 is 0 Å². The Morgan fingerprint density at radius 2 is 1.82 bits per heavy atom. The highest BCUT2D eigenvalue weighted by atomic mass is 35.5. The van der Waals surface area contributed by atoms with E-state index in [0.29, 0.717) is 13.0 Å². The van der Waals surface area contributed by atoms with Crippen molar-refractivity contribution < 1.29 is 8.78 Å². The van der Waals surface area contributed by atoms with Crippen LogP contribution in [0.3, 0.4) is 0 Å². The molecule has 0 bridgehead atoms. The Hall–Kier alpha value is -0.710. The molecule has 1 N–H and O–H groups in total. The number of piperazine rings is 1. The summed E-state index contributed by atoms with van der Waals surface area (Å²) < 4.78 is 26.7. The van der Waals surface area contributed by atoms with Gasteiger partial charge in [-0.15, -0.1) is 0 Å². The van der Waals surface area contributed by atoms with Gasteiger partial charge >= 0.3 is 0 Å². The second-order valence-corrected chi connectivity index (χ2v) is 4.54. The van der Waals surface area contributed by atoms with E-state index in [1.54, 1.807) is 0 Å². The van der Waals surface area contributed by atoms with E-state index in [2.05, 4.69) is 10.2 Å². The molecule has 2 rings (SSSR count). The molecule has 1 aromatic carbocycles. The standard InChI is InChI=1S/C12H15ClF2N2/c13-12-9(10(14)1-2-11(12)15)3-6-17-7-4-16-5-8-17/h1-2,16H,3-8H2. The Morgan fingerprint density at radius 1 is 1.18 bits per heavy atom. The zero-order valence-corrected chi connectivity index (χ0v) is 10.2. The number of nitrogens with one attached hydrogen (secondary N) is 1. The van der Waals surface area contributed by atoms with E-state index < -0.39 is 11.6 Å². The summed E-state index contributed by atoms with van der Waals surface area (Å²) in [4.78, 5) is 2.22. The van der Waals surface area contributed by atoms with E-state index in [0.717, 1.165) is 38.3 Å². The molecule has 0 aliphatic carbocycles. The summed E-state index contributed by atoms with van der Waals surface area (Å²) in [5.74, 6) is -0.977. The number of benzene rings is 1. The number of nitrogens with zero attached hydrogens (tertiary/aromatic N) is 1. The van der Waals surface area contributed by atoms with Crippen molar-refractivity contribution >= 4 is 11.6 Å². The molecule has 2 nitrogen and oxygen atoms in total. The molecule has 1 aliphatic rings. The van der Waals surface area contributed by atoms with Gasteiger partial charge in [-0.25, -0.2) is 8.78 Å². The third kappa shape index (κ3) is 3.15. The van der Waals surface area contributed by atoms with Gasteiger partial charge in [0.15, 0.2) is 0 Å². The fourth-order valence-electron chi connectivity index (χ4n) is 2.00. The molecule has 5 heteroatoms. The van der Waals surface area contributed by atoms with Crippen molar-refractivity contribution in [1.29, 1.82) is 0 Å². The maximum Gasteiger partial charge on any atom is 0.142 e. The Morgan fingerprint density at radius 3 is 2.53 bits per heavy atom. The highest BCUT2D eigenvalue weighted by Crippen LogP contribution is 2.23. The Balaban J connectivity index is 2.00. The van der Waals surface area contributed by atoms with Gasteiger partial charge in [-0.1, -0.05) is 11.6 Å². The molecule has 0 radical (unpaired) electrons. The maximum absolute atomic E-state index is 13.5. The second-order valence-electron chi connectivity index (χ2n) is 4.16. The molecule has 1 saturated heterocycles. The van der Waals surface area contributed by atoms with Crippen LogP contribution < -0.4 is 5.32 Å². The fraction of sp³-hybridized carbons (Fsp3) is 0.500. The normalized spacial score (nSPS) is 17.4. The third-order valence-corrected chi connectivity index (χ3v) is 3.44. The molecular formula is C12H15ClF2N2. The molecule has 0 atom stereocenters. The monoisotopic (exact) mass is 260 g/mol. The fourth-order valence-corrected chi connectivity index (χ4v) is 2.25. The number of halogens is 3. The van der Waals surface area contributed by atoms with Crippen LogP contribution in [0.15, 0.2) is 12.1 Å². The molecule has 1 fully saturated rings. The first-order chi connectivity index (χ1) is 8.18. The Kier molecular flexibility index (Phi) is 4.31. The second kappa shape index (κ2) is 5.76. The highest BCUT2D eigenvalue weighted by Gasteiger charge is 2.14. The summed E-state index contributed by atoms with van der Waals surface area (Å²) in [5.41, 5.74) is 0.283. The number of hydrogen-bond acceptors (Lipinski definition) is 2. The van der Waals surface area contributed by atoms with Crippen LogP contribution in [0.25, 0.3) is 0 Å². The van der Waals surface area contributed by atoms with E-state index in [1.165, 1.54) is 0 Å². The van der Waals surface area contributed by atoms with E-state index in [1.807, 2.05) is 0 Å². The van der Waals surface area contributed by atoms with Crippen molar-refractivity contribution in [3.8, 4) is 0 Å². The predicted octanol–water partition coefficient (Wildman–Crippen LogP) is 2.07. The summed E-state index contributed by atoms with van der Waals surface area (Å²) in [7, 11) is 0. The van der Waals surface area contributed by atoms with Crippen LogP contribution in [0.1, 0.15) is 5.56 Å². The van der Waals surface area contributed by atoms with Crippen LogP contribution >= 0.6 is 11.6 Å². The van der Waals surface area contributed by atoms with Gasteiger partial charge in [-0.3, -0.25) is 0 Å². The van der Waals surface area contributed by atoms with Gasteiger partial charge in [0.1, 0.15) is 11.6 Å². The summed E-state index contributed by atoms with van der Waals surface area (Å²) in [6, 6.07) is 2.19. The highest BCUT2D eigenvalue weighted by molar-refractivity contribution is 6.31. The first kappa shape index (κ1) is 12.7. The van der Waals surface area contributed by atoms with Crippen LogP contribution in [0.2, 0.25) is 5.02 Å². The zero-order valence-electron chi connectivity index (χ0n) is 9.48.